The van der Waals surface area contributed by atoms with Crippen LogP contribution >= 0.6 is 11.3 Å². The Balaban J connectivity index is 1.66. The summed E-state index contributed by atoms with van der Waals surface area (Å²) in [5.74, 6) is 0.642. The largest absolute Gasteiger partial charge is 0.315 e. The third-order valence-corrected chi connectivity index (χ3v) is 7.46. The fourth-order valence-corrected chi connectivity index (χ4v) is 5.89. The molecule has 0 saturated carbocycles. The number of nitrogens with one attached hydrogen (secondary N) is 1. The van der Waals surface area contributed by atoms with E-state index < -0.39 is 9.84 Å². The number of carbonyl (C=O) groups is 1. The molecule has 130 valence electrons. The van der Waals surface area contributed by atoms with E-state index >= 15 is 0 Å². The average Bonchev–Trinajstić information content (AvgIpc) is 2.85. The third-order valence-electron chi connectivity index (χ3n) is 4.68. The van der Waals surface area contributed by atoms with Crippen molar-refractivity contribution in [3.63, 3.8) is 0 Å². The van der Waals surface area contributed by atoms with Gasteiger partial charge in [-0.2, -0.15) is 5.26 Å². The Morgan fingerprint density at radius 1 is 1.42 bits per heavy atom. The standard InChI is InChI=1S/C16H21N3O3S2/c1-11-2-3-12-13(9-17)16(23-14(12)8-11)18-15(20)10-19-4-6-24(21,22)7-5-19/h11H,2-8,10H2,1H3,(H,18,20). The molecule has 0 radical (unpaired) electrons. The van der Waals surface area contributed by atoms with Gasteiger partial charge in [0.15, 0.2) is 9.84 Å². The van der Waals surface area contributed by atoms with Gasteiger partial charge in [-0.25, -0.2) is 8.42 Å². The highest BCUT2D eigenvalue weighted by Crippen LogP contribution is 2.39. The number of hydrogen-bond donors (Lipinski definition) is 1. The van der Waals surface area contributed by atoms with Crippen molar-refractivity contribution in [2.45, 2.75) is 26.2 Å². The molecule has 1 aromatic heterocycles. The van der Waals surface area contributed by atoms with E-state index in [0.717, 1.165) is 24.8 Å². The van der Waals surface area contributed by atoms with Crippen molar-refractivity contribution in [1.82, 2.24) is 4.90 Å². The molecule has 1 aliphatic heterocycles. The number of anilines is 1. The lowest BCUT2D eigenvalue weighted by atomic mass is 9.89. The summed E-state index contributed by atoms with van der Waals surface area (Å²) < 4.78 is 22.9. The maximum absolute atomic E-state index is 12.3. The van der Waals surface area contributed by atoms with Crippen molar-refractivity contribution in [2.24, 2.45) is 5.92 Å². The number of hydrogen-bond acceptors (Lipinski definition) is 6. The van der Waals surface area contributed by atoms with E-state index in [9.17, 15) is 18.5 Å². The second kappa shape index (κ2) is 6.82. The quantitative estimate of drug-likeness (QED) is 0.872. The van der Waals surface area contributed by atoms with E-state index in [1.165, 1.54) is 16.2 Å². The SMILES string of the molecule is CC1CCc2c(sc(NC(=O)CN3CCS(=O)(=O)CC3)c2C#N)C1. The van der Waals surface area contributed by atoms with Crippen molar-refractivity contribution in [3.8, 4) is 6.07 Å². The fraction of sp³-hybridized carbons (Fsp3) is 0.625. The topological polar surface area (TPSA) is 90.3 Å². The van der Waals surface area contributed by atoms with Crippen molar-refractivity contribution in [3.05, 3.63) is 16.0 Å². The zero-order valence-corrected chi connectivity index (χ0v) is 15.3. The number of nitriles is 1. The van der Waals surface area contributed by atoms with Crippen LogP contribution in [0.15, 0.2) is 0 Å². The molecule has 1 aromatic rings. The minimum absolute atomic E-state index is 0.106. The molecule has 1 N–H and O–H groups in total. The molecule has 1 fully saturated rings. The molecule has 1 saturated heterocycles. The van der Waals surface area contributed by atoms with Gasteiger partial charge in [0, 0.05) is 18.0 Å². The van der Waals surface area contributed by atoms with Crippen LogP contribution in [0.1, 0.15) is 29.3 Å². The lowest BCUT2D eigenvalue weighted by molar-refractivity contribution is -0.117. The highest BCUT2D eigenvalue weighted by atomic mass is 32.2. The minimum atomic E-state index is -2.94. The van der Waals surface area contributed by atoms with E-state index in [2.05, 4.69) is 18.3 Å². The average molecular weight is 367 g/mol. The first-order valence-corrected chi connectivity index (χ1v) is 10.8. The van der Waals surface area contributed by atoms with E-state index in [-0.39, 0.29) is 24.0 Å². The van der Waals surface area contributed by atoms with Crippen LogP contribution in [0.4, 0.5) is 5.00 Å². The monoisotopic (exact) mass is 367 g/mol. The maximum Gasteiger partial charge on any atom is 0.239 e. The second-order valence-corrected chi connectivity index (χ2v) is 10.1. The summed E-state index contributed by atoms with van der Waals surface area (Å²) in [6, 6.07) is 2.24. The molecular formula is C16H21N3O3S2. The van der Waals surface area contributed by atoms with Gasteiger partial charge in [-0.3, -0.25) is 9.69 Å². The van der Waals surface area contributed by atoms with Crippen LogP contribution in [0.5, 0.6) is 0 Å². The second-order valence-electron chi connectivity index (χ2n) is 6.64. The molecule has 1 amide bonds. The predicted molar refractivity (Wildman–Crippen MR) is 93.9 cm³/mol. The van der Waals surface area contributed by atoms with Crippen molar-refractivity contribution in [2.75, 3.05) is 36.5 Å². The number of amides is 1. The van der Waals surface area contributed by atoms with Gasteiger partial charge >= 0.3 is 0 Å². The van der Waals surface area contributed by atoms with Gasteiger partial charge in [-0.05, 0) is 30.7 Å². The number of carbonyl (C=O) groups excluding carboxylic acids is 1. The van der Waals surface area contributed by atoms with Crippen LogP contribution in [-0.2, 0) is 27.5 Å². The van der Waals surface area contributed by atoms with Gasteiger partial charge in [0.2, 0.25) is 5.91 Å². The summed E-state index contributed by atoms with van der Waals surface area (Å²) in [5, 5.41) is 13.0. The summed E-state index contributed by atoms with van der Waals surface area (Å²) in [5.41, 5.74) is 1.71. The highest BCUT2D eigenvalue weighted by Gasteiger charge is 2.26. The van der Waals surface area contributed by atoms with E-state index in [0.29, 0.717) is 29.6 Å². The van der Waals surface area contributed by atoms with Gasteiger partial charge in [0.25, 0.3) is 0 Å². The summed E-state index contributed by atoms with van der Waals surface area (Å²) in [6.45, 7) is 3.15. The number of thiophene rings is 1. The number of sulfone groups is 1. The number of fused-ring (bicyclic) bond motifs is 1. The number of rotatable bonds is 3. The third kappa shape index (κ3) is 3.79. The molecule has 0 bridgehead atoms. The summed E-state index contributed by atoms with van der Waals surface area (Å²) in [7, 11) is -2.94. The van der Waals surface area contributed by atoms with Crippen LogP contribution in [0.3, 0.4) is 0 Å². The minimum Gasteiger partial charge on any atom is -0.315 e. The maximum atomic E-state index is 12.3. The molecule has 1 atom stereocenters. The predicted octanol–water partition coefficient (Wildman–Crippen LogP) is 1.41. The smallest absolute Gasteiger partial charge is 0.239 e. The van der Waals surface area contributed by atoms with Crippen molar-refractivity contribution in [1.29, 1.82) is 5.26 Å². The highest BCUT2D eigenvalue weighted by molar-refractivity contribution is 7.91. The van der Waals surface area contributed by atoms with Crippen molar-refractivity contribution < 1.29 is 13.2 Å². The molecule has 1 aliphatic carbocycles. The Hall–Kier alpha value is -1.43. The zero-order chi connectivity index (χ0) is 17.3. The fourth-order valence-electron chi connectivity index (χ4n) is 3.23. The molecule has 1 unspecified atom stereocenters. The Bertz CT molecular complexity index is 778. The molecule has 3 rings (SSSR count). The molecule has 2 aliphatic rings. The lowest BCUT2D eigenvalue weighted by Gasteiger charge is -2.25. The Labute approximate surface area is 146 Å². The van der Waals surface area contributed by atoms with Crippen LogP contribution in [-0.4, -0.2) is 50.4 Å². The van der Waals surface area contributed by atoms with Crippen molar-refractivity contribution >= 4 is 32.1 Å². The zero-order valence-electron chi connectivity index (χ0n) is 13.7. The Morgan fingerprint density at radius 3 is 2.79 bits per heavy atom. The molecule has 8 heteroatoms. The molecule has 24 heavy (non-hydrogen) atoms. The first kappa shape index (κ1) is 17.4. The molecule has 0 aromatic carbocycles. The van der Waals surface area contributed by atoms with Crippen LogP contribution < -0.4 is 5.32 Å². The van der Waals surface area contributed by atoms with E-state index in [4.69, 9.17) is 0 Å². The van der Waals surface area contributed by atoms with Gasteiger partial charge in [-0.15, -0.1) is 11.3 Å². The molecular weight excluding hydrogens is 346 g/mol. The number of nitrogens with zero attached hydrogens (tertiary/aromatic N) is 2. The van der Waals surface area contributed by atoms with Crippen LogP contribution in [0.2, 0.25) is 0 Å². The first-order chi connectivity index (χ1) is 11.4. The van der Waals surface area contributed by atoms with E-state index in [1.54, 1.807) is 0 Å². The summed E-state index contributed by atoms with van der Waals surface area (Å²) in [6.07, 6.45) is 2.94. The Kier molecular flexibility index (Phi) is 4.95. The van der Waals surface area contributed by atoms with Crippen LogP contribution in [0, 0.1) is 17.2 Å². The van der Waals surface area contributed by atoms with Gasteiger partial charge in [0.1, 0.15) is 11.1 Å². The van der Waals surface area contributed by atoms with Crippen LogP contribution in [0.25, 0.3) is 0 Å². The molecule has 0 spiro atoms. The van der Waals surface area contributed by atoms with E-state index in [1.807, 2.05) is 4.90 Å². The Morgan fingerprint density at radius 2 is 2.12 bits per heavy atom. The summed E-state index contributed by atoms with van der Waals surface area (Å²) in [4.78, 5) is 15.3. The van der Waals surface area contributed by atoms with Gasteiger partial charge < -0.3 is 5.32 Å². The summed E-state index contributed by atoms with van der Waals surface area (Å²) >= 11 is 1.51. The normalized spacial score (nSPS) is 23.2. The molecule has 6 nitrogen and oxygen atoms in total. The van der Waals surface area contributed by atoms with Gasteiger partial charge in [-0.1, -0.05) is 6.92 Å². The van der Waals surface area contributed by atoms with Gasteiger partial charge in [0.05, 0.1) is 23.6 Å². The lowest BCUT2D eigenvalue weighted by Crippen LogP contribution is -2.43. The first-order valence-electron chi connectivity index (χ1n) is 8.15. The molecule has 2 heterocycles.